The van der Waals surface area contributed by atoms with E-state index in [1.807, 2.05) is 43.3 Å². The van der Waals surface area contributed by atoms with Gasteiger partial charge in [-0.2, -0.15) is 0 Å². The Labute approximate surface area is 149 Å². The second kappa shape index (κ2) is 9.23. The maximum absolute atomic E-state index is 11.6. The molecule has 0 saturated carbocycles. The molecule has 0 fully saturated rings. The lowest BCUT2D eigenvalue weighted by atomic mass is 9.98. The molecule has 0 saturated heterocycles. The Balaban J connectivity index is 1.93. The first-order valence-electron chi connectivity index (χ1n) is 8.47. The molecule has 2 aromatic carbocycles. The lowest BCUT2D eigenvalue weighted by Crippen LogP contribution is -2.07. The van der Waals surface area contributed by atoms with Crippen LogP contribution in [0.5, 0.6) is 5.75 Å². The molecule has 0 atom stereocenters. The molecule has 2 aromatic rings. The zero-order chi connectivity index (χ0) is 18.2. The summed E-state index contributed by atoms with van der Waals surface area (Å²) >= 11 is 0. The molecule has 0 bridgehead atoms. The predicted molar refractivity (Wildman–Crippen MR) is 98.1 cm³/mol. The van der Waals surface area contributed by atoms with Crippen LogP contribution in [0.3, 0.4) is 0 Å². The summed E-state index contributed by atoms with van der Waals surface area (Å²) in [6.07, 6.45) is 0.803. The number of carbonyl (C=O) groups is 1. The Hall–Kier alpha value is -2.33. The smallest absolute Gasteiger partial charge is 0.337 e. The minimum atomic E-state index is -0.309. The van der Waals surface area contributed by atoms with Crippen LogP contribution in [0.15, 0.2) is 42.5 Å². The molecule has 0 aliphatic carbocycles. The van der Waals surface area contributed by atoms with Crippen molar-refractivity contribution in [2.24, 2.45) is 5.92 Å². The number of hydrogen-bond donors (Lipinski definition) is 0. The number of rotatable bonds is 8. The van der Waals surface area contributed by atoms with Gasteiger partial charge < -0.3 is 14.2 Å². The fourth-order valence-corrected chi connectivity index (χ4v) is 2.46. The Bertz CT molecular complexity index is 690. The number of hydrogen-bond acceptors (Lipinski definition) is 4. The summed E-state index contributed by atoms with van der Waals surface area (Å²) in [6.45, 7) is 7.18. The largest absolute Gasteiger partial charge is 0.468 e. The first kappa shape index (κ1) is 19.0. The molecule has 0 amide bonds. The molecule has 0 aliphatic rings. The van der Waals surface area contributed by atoms with Gasteiger partial charge in [-0.3, -0.25) is 0 Å². The van der Waals surface area contributed by atoms with Crippen molar-refractivity contribution in [3.63, 3.8) is 0 Å². The third-order valence-corrected chi connectivity index (χ3v) is 3.84. The number of benzene rings is 2. The highest BCUT2D eigenvalue weighted by molar-refractivity contribution is 5.89. The van der Waals surface area contributed by atoms with Gasteiger partial charge in [0.25, 0.3) is 0 Å². The van der Waals surface area contributed by atoms with Crippen LogP contribution in [-0.4, -0.2) is 26.5 Å². The van der Waals surface area contributed by atoms with Gasteiger partial charge in [-0.05, 0) is 60.2 Å². The number of carbonyl (C=O) groups excluding carboxylic acids is 1. The van der Waals surface area contributed by atoms with Crippen molar-refractivity contribution in [1.82, 2.24) is 0 Å². The minimum absolute atomic E-state index is 0.269. The molecule has 0 unspecified atom stereocenters. The van der Waals surface area contributed by atoms with E-state index in [0.717, 1.165) is 17.7 Å². The maximum atomic E-state index is 11.6. The highest BCUT2D eigenvalue weighted by Gasteiger charge is 2.08. The highest BCUT2D eigenvalue weighted by Crippen LogP contribution is 2.19. The fourth-order valence-electron chi connectivity index (χ4n) is 2.46. The third kappa shape index (κ3) is 5.91. The van der Waals surface area contributed by atoms with Crippen molar-refractivity contribution in [2.45, 2.75) is 27.2 Å². The molecule has 0 N–H and O–H groups in total. The lowest BCUT2D eigenvalue weighted by molar-refractivity contribution is 0.00272. The van der Waals surface area contributed by atoms with E-state index in [1.165, 1.54) is 18.2 Å². The summed E-state index contributed by atoms with van der Waals surface area (Å²) in [6, 6.07) is 13.6. The van der Waals surface area contributed by atoms with Crippen molar-refractivity contribution >= 4 is 5.97 Å². The Morgan fingerprint density at radius 3 is 2.40 bits per heavy atom. The predicted octanol–water partition coefficient (Wildman–Crippen LogP) is 4.38. The second-order valence-corrected chi connectivity index (χ2v) is 6.48. The average Bonchev–Trinajstić information content (AvgIpc) is 2.61. The van der Waals surface area contributed by atoms with Crippen molar-refractivity contribution in [3.05, 3.63) is 64.7 Å². The van der Waals surface area contributed by atoms with Crippen molar-refractivity contribution in [2.75, 3.05) is 20.5 Å². The molecule has 25 heavy (non-hydrogen) atoms. The van der Waals surface area contributed by atoms with Gasteiger partial charge in [0.2, 0.25) is 0 Å². The lowest BCUT2D eigenvalue weighted by Gasteiger charge is -2.10. The van der Waals surface area contributed by atoms with Crippen LogP contribution in [0.25, 0.3) is 0 Å². The second-order valence-electron chi connectivity index (χ2n) is 6.48. The fraction of sp³-hybridized carbons (Fsp3) is 0.381. The average molecular weight is 342 g/mol. The van der Waals surface area contributed by atoms with E-state index in [1.54, 1.807) is 6.07 Å². The summed E-state index contributed by atoms with van der Waals surface area (Å²) in [4.78, 5) is 11.6. The molecule has 134 valence electrons. The van der Waals surface area contributed by atoms with Crippen LogP contribution in [0.1, 0.15) is 40.9 Å². The van der Waals surface area contributed by atoms with Crippen LogP contribution in [0.4, 0.5) is 0 Å². The summed E-state index contributed by atoms with van der Waals surface area (Å²) in [5.41, 5.74) is 4.02. The first-order chi connectivity index (χ1) is 12.0. The van der Waals surface area contributed by atoms with Crippen LogP contribution in [0, 0.1) is 12.8 Å². The third-order valence-electron chi connectivity index (χ3n) is 3.84. The van der Waals surface area contributed by atoms with E-state index >= 15 is 0 Å². The van der Waals surface area contributed by atoms with Gasteiger partial charge in [0.05, 0.1) is 19.3 Å². The molecule has 4 heteroatoms. The molecule has 0 radical (unpaired) electrons. The first-order valence-corrected chi connectivity index (χ1v) is 8.47. The molecule has 0 aromatic heterocycles. The summed E-state index contributed by atoms with van der Waals surface area (Å²) in [5, 5.41) is 0. The molecule has 2 rings (SSSR count). The van der Waals surface area contributed by atoms with Gasteiger partial charge in [-0.1, -0.05) is 32.0 Å². The minimum Gasteiger partial charge on any atom is -0.468 e. The van der Waals surface area contributed by atoms with Gasteiger partial charge >= 0.3 is 5.97 Å². The van der Waals surface area contributed by atoms with E-state index in [0.29, 0.717) is 18.1 Å². The molecular formula is C21H26O4. The number of methoxy groups -OCH3 is 1. The Morgan fingerprint density at radius 1 is 1.08 bits per heavy atom. The van der Waals surface area contributed by atoms with Crippen molar-refractivity contribution < 1.29 is 19.0 Å². The number of esters is 1. The van der Waals surface area contributed by atoms with E-state index in [-0.39, 0.29) is 12.8 Å². The monoisotopic (exact) mass is 342 g/mol. The number of aryl methyl sites for hydroxylation is 1. The Morgan fingerprint density at radius 2 is 1.80 bits per heavy atom. The zero-order valence-electron chi connectivity index (χ0n) is 15.4. The molecular weight excluding hydrogens is 316 g/mol. The van der Waals surface area contributed by atoms with E-state index in [9.17, 15) is 4.79 Å². The standard InChI is InChI=1S/C21H26O4/c1-15(2)13-24-14-25-20-9-5-17(6-10-20)12-18-7-8-19(11-16(18)3)21(22)23-4/h5-11,15H,12-14H2,1-4H3. The van der Waals surface area contributed by atoms with Gasteiger partial charge in [-0.25, -0.2) is 4.79 Å². The van der Waals surface area contributed by atoms with Crippen molar-refractivity contribution in [3.8, 4) is 5.75 Å². The molecule has 0 aliphatic heterocycles. The van der Waals surface area contributed by atoms with E-state index in [4.69, 9.17) is 14.2 Å². The maximum Gasteiger partial charge on any atom is 0.337 e. The van der Waals surface area contributed by atoms with Crippen LogP contribution in [-0.2, 0) is 15.9 Å². The van der Waals surface area contributed by atoms with E-state index < -0.39 is 0 Å². The number of ether oxygens (including phenoxy) is 3. The summed E-state index contributed by atoms with van der Waals surface area (Å²) in [5.74, 6) is 0.987. The molecule has 4 nitrogen and oxygen atoms in total. The van der Waals surface area contributed by atoms with Gasteiger partial charge in [0.1, 0.15) is 5.75 Å². The van der Waals surface area contributed by atoms with Crippen molar-refractivity contribution in [1.29, 1.82) is 0 Å². The van der Waals surface area contributed by atoms with Crippen LogP contribution < -0.4 is 4.74 Å². The highest BCUT2D eigenvalue weighted by atomic mass is 16.7. The summed E-state index contributed by atoms with van der Waals surface area (Å²) < 4.78 is 15.7. The quantitative estimate of drug-likeness (QED) is 0.406. The van der Waals surface area contributed by atoms with Crippen LogP contribution in [0.2, 0.25) is 0 Å². The normalized spacial score (nSPS) is 10.8. The van der Waals surface area contributed by atoms with Crippen LogP contribution >= 0.6 is 0 Å². The Kier molecular flexibility index (Phi) is 7.02. The van der Waals surface area contributed by atoms with E-state index in [2.05, 4.69) is 13.8 Å². The molecule has 0 heterocycles. The van der Waals surface area contributed by atoms with Gasteiger partial charge in [0.15, 0.2) is 6.79 Å². The van der Waals surface area contributed by atoms with Gasteiger partial charge in [0, 0.05) is 0 Å². The zero-order valence-corrected chi connectivity index (χ0v) is 15.4. The van der Waals surface area contributed by atoms with Gasteiger partial charge in [-0.15, -0.1) is 0 Å². The topological polar surface area (TPSA) is 44.8 Å². The SMILES string of the molecule is COC(=O)c1ccc(Cc2ccc(OCOCC(C)C)cc2)c(C)c1. The summed E-state index contributed by atoms with van der Waals surface area (Å²) in [7, 11) is 1.39. The molecule has 0 spiro atoms.